The van der Waals surface area contributed by atoms with E-state index < -0.39 is 0 Å². The first kappa shape index (κ1) is 40.8. The van der Waals surface area contributed by atoms with Crippen LogP contribution in [0.2, 0.25) is 0 Å². The van der Waals surface area contributed by atoms with E-state index in [1.165, 1.54) is 123 Å². The summed E-state index contributed by atoms with van der Waals surface area (Å²) in [7, 11) is 0. The Kier molecular flexibility index (Phi) is 8.23. The first-order valence-corrected chi connectivity index (χ1v) is 26.4. The van der Waals surface area contributed by atoms with E-state index in [0.29, 0.717) is 0 Å². The Morgan fingerprint density at radius 3 is 1.96 bits per heavy atom. The second-order valence-electron chi connectivity index (χ2n) is 22.4. The van der Waals surface area contributed by atoms with Gasteiger partial charge in [0.1, 0.15) is 5.01 Å². The van der Waals surface area contributed by atoms with Crippen molar-refractivity contribution in [3.05, 3.63) is 156 Å². The van der Waals surface area contributed by atoms with Crippen molar-refractivity contribution in [2.75, 3.05) is 4.81 Å². The van der Waals surface area contributed by atoms with Gasteiger partial charge in [-0.1, -0.05) is 141 Å². The number of hydrogen-bond acceptors (Lipinski definition) is 5. The van der Waals surface area contributed by atoms with Gasteiger partial charge in [0.15, 0.2) is 0 Å². The van der Waals surface area contributed by atoms with Gasteiger partial charge in [-0.15, -0.1) is 34.0 Å². The normalized spacial score (nSPS) is 13.9. The summed E-state index contributed by atoms with van der Waals surface area (Å²) in [6.07, 6.45) is 0. The zero-order chi connectivity index (χ0) is 46.3. The molecule has 6 heterocycles. The molecule has 0 aliphatic carbocycles. The summed E-state index contributed by atoms with van der Waals surface area (Å²) >= 11 is 5.71. The van der Waals surface area contributed by atoms with E-state index in [0.717, 1.165) is 16.1 Å². The molecule has 330 valence electrons. The molecule has 8 aromatic carbocycles. The molecule has 4 aromatic heterocycles. The Balaban J connectivity index is 1.19. The average Bonchev–Trinajstić information content (AvgIpc) is 4.09. The molecule has 0 bridgehead atoms. The molecule has 7 heteroatoms. The Hall–Kier alpha value is -6.25. The van der Waals surface area contributed by atoms with Crippen molar-refractivity contribution >= 4 is 136 Å². The highest BCUT2D eigenvalue weighted by atomic mass is 32.1. The molecule has 2 aliphatic rings. The van der Waals surface area contributed by atoms with Crippen LogP contribution in [0.4, 0.5) is 11.4 Å². The molecule has 0 amide bonds. The monoisotopic (exact) mass is 931 g/mol. The first-order chi connectivity index (χ1) is 32.6. The van der Waals surface area contributed by atoms with Gasteiger partial charge in [0.05, 0.1) is 21.3 Å². The van der Waals surface area contributed by atoms with E-state index in [-0.39, 0.29) is 23.1 Å². The van der Waals surface area contributed by atoms with Gasteiger partial charge in [0.2, 0.25) is 0 Å². The van der Waals surface area contributed by atoms with Gasteiger partial charge in [-0.25, -0.2) is 4.98 Å². The summed E-state index contributed by atoms with van der Waals surface area (Å²) in [5, 5.41) is 9.11. The molecule has 68 heavy (non-hydrogen) atoms. The molecule has 0 radical (unpaired) electrons. The fourth-order valence-electron chi connectivity index (χ4n) is 11.5. The van der Waals surface area contributed by atoms with Gasteiger partial charge < -0.3 is 9.38 Å². The summed E-state index contributed by atoms with van der Waals surface area (Å²) in [5.41, 5.74) is 17.9. The highest BCUT2D eigenvalue weighted by Gasteiger charge is 2.46. The largest absolute Gasteiger partial charge is 0.376 e. The summed E-state index contributed by atoms with van der Waals surface area (Å²) in [6.45, 7) is 20.8. The minimum atomic E-state index is -0.140. The molecule has 14 rings (SSSR count). The second kappa shape index (κ2) is 13.7. The first-order valence-electron chi connectivity index (χ1n) is 24.0. The number of hydrogen-bond donors (Lipinski definition) is 0. The van der Waals surface area contributed by atoms with E-state index in [9.17, 15) is 0 Å². The topological polar surface area (TPSA) is 21.1 Å². The van der Waals surface area contributed by atoms with Crippen LogP contribution in [0.15, 0.2) is 140 Å². The van der Waals surface area contributed by atoms with Crippen LogP contribution in [-0.2, 0) is 16.2 Å². The number of thiophene rings is 2. The highest BCUT2D eigenvalue weighted by molar-refractivity contribution is 7.27. The lowest BCUT2D eigenvalue weighted by molar-refractivity contribution is 0.590. The van der Waals surface area contributed by atoms with Gasteiger partial charge in [-0.05, 0) is 110 Å². The maximum Gasteiger partial charge on any atom is 0.333 e. The number of fused-ring (bicyclic) bond motifs is 17. The molecule has 0 saturated carbocycles. The number of nitrogens with zero attached hydrogens (tertiary/aromatic N) is 3. The predicted molar refractivity (Wildman–Crippen MR) is 300 cm³/mol. The van der Waals surface area contributed by atoms with Gasteiger partial charge in [-0.2, -0.15) is 0 Å². The third kappa shape index (κ3) is 5.67. The lowest BCUT2D eigenvalue weighted by Crippen LogP contribution is -2.60. The second-order valence-corrected chi connectivity index (χ2v) is 25.6. The van der Waals surface area contributed by atoms with Crippen molar-refractivity contribution in [1.82, 2.24) is 9.55 Å². The quantitative estimate of drug-likeness (QED) is 0.161. The van der Waals surface area contributed by atoms with Crippen LogP contribution >= 0.6 is 34.0 Å². The zero-order valence-corrected chi connectivity index (χ0v) is 42.4. The van der Waals surface area contributed by atoms with Crippen molar-refractivity contribution in [3.8, 4) is 27.4 Å². The van der Waals surface area contributed by atoms with Crippen molar-refractivity contribution in [3.63, 3.8) is 0 Å². The molecule has 12 aromatic rings. The minimum Gasteiger partial charge on any atom is -0.376 e. The molecular formula is C61H50BN3S3. The summed E-state index contributed by atoms with van der Waals surface area (Å²) in [6, 6.07) is 54.0. The van der Waals surface area contributed by atoms with Gasteiger partial charge in [0, 0.05) is 79.3 Å². The number of thiazole rings is 1. The van der Waals surface area contributed by atoms with E-state index >= 15 is 0 Å². The summed E-state index contributed by atoms with van der Waals surface area (Å²) in [5.74, 6) is 0. The maximum absolute atomic E-state index is 5.44. The van der Waals surface area contributed by atoms with Crippen LogP contribution in [0.1, 0.15) is 79.0 Å². The van der Waals surface area contributed by atoms with Crippen LogP contribution in [0.3, 0.4) is 0 Å². The lowest BCUT2D eigenvalue weighted by atomic mass is 9.43. The summed E-state index contributed by atoms with van der Waals surface area (Å²) < 4.78 is 9.24. The Morgan fingerprint density at radius 1 is 0.500 bits per heavy atom. The smallest absolute Gasteiger partial charge is 0.333 e. The van der Waals surface area contributed by atoms with E-state index in [1.807, 2.05) is 22.7 Å². The van der Waals surface area contributed by atoms with E-state index in [1.54, 1.807) is 11.3 Å². The van der Waals surface area contributed by atoms with E-state index in [4.69, 9.17) is 4.98 Å². The van der Waals surface area contributed by atoms with Crippen LogP contribution in [0.5, 0.6) is 0 Å². The molecule has 0 N–H and O–H groups in total. The number of anilines is 2. The molecule has 0 saturated heterocycles. The number of benzene rings is 8. The predicted octanol–water partition coefficient (Wildman–Crippen LogP) is 16.9. The molecule has 0 fully saturated rings. The standard InChI is InChI=1S/C61H50BN3S3/c1-59(2,3)34-19-23-37(24-20-34)65-46-29-40-38-25-21-36(61(7,8)9)28-49(38)66-50(40)30-42(46)52-53-39-17-13-14-18-48(39)67-57(53)54-41-27-35(60(4,5)6)22-26-45(41)64-47-32-51-44(31-43(47)62(65)55(52)56(54)64)63-58(68-51)33-15-11-10-12-16-33/h10-32H,1-9H3. The van der Waals surface area contributed by atoms with E-state index in [2.05, 4.69) is 211 Å². The Morgan fingerprint density at radius 2 is 1.19 bits per heavy atom. The molecule has 0 atom stereocenters. The van der Waals surface area contributed by atoms with Gasteiger partial charge >= 0.3 is 6.85 Å². The van der Waals surface area contributed by atoms with Gasteiger partial charge in [-0.3, -0.25) is 0 Å². The fraction of sp³-hybridized carbons (Fsp3) is 0.197. The van der Waals surface area contributed by atoms with Gasteiger partial charge in [0.25, 0.3) is 0 Å². The zero-order valence-electron chi connectivity index (χ0n) is 39.9. The average molecular weight is 932 g/mol. The molecule has 2 aliphatic heterocycles. The van der Waals surface area contributed by atoms with Crippen molar-refractivity contribution in [1.29, 1.82) is 0 Å². The van der Waals surface area contributed by atoms with Crippen molar-refractivity contribution in [2.45, 2.75) is 78.6 Å². The molecule has 0 unspecified atom stereocenters. The van der Waals surface area contributed by atoms with Crippen LogP contribution in [-0.4, -0.2) is 16.4 Å². The molecular weight excluding hydrogens is 882 g/mol. The highest BCUT2D eigenvalue weighted by Crippen LogP contribution is 2.55. The van der Waals surface area contributed by atoms with Crippen LogP contribution < -0.4 is 15.7 Å². The number of aromatic nitrogens is 2. The lowest BCUT2D eigenvalue weighted by Gasteiger charge is -2.42. The van der Waals surface area contributed by atoms with Crippen molar-refractivity contribution < 1.29 is 0 Å². The fourth-order valence-corrected chi connectivity index (χ4v) is 14.9. The summed E-state index contributed by atoms with van der Waals surface area (Å²) in [4.78, 5) is 8.16. The van der Waals surface area contributed by atoms with Crippen LogP contribution in [0.25, 0.3) is 99.8 Å². The third-order valence-corrected chi connectivity index (χ3v) is 18.4. The number of rotatable bonds is 2. The SMILES string of the molecule is CC(C)(C)c1ccc(N2B3c4cc5nc(-c6ccccc6)sc5cc4-n4c5ccc(C(C)(C)C)cc5c5c6sc7ccccc7c6c(c3c54)-c3cc4sc5cc(C(C)(C)C)ccc5c4cc32)cc1. The van der Waals surface area contributed by atoms with Crippen LogP contribution in [0, 0.1) is 0 Å². The minimum absolute atomic E-state index is 0.0163. The van der Waals surface area contributed by atoms with Crippen molar-refractivity contribution in [2.24, 2.45) is 0 Å². The third-order valence-electron chi connectivity index (χ3n) is 15.1. The molecule has 0 spiro atoms. The Labute approximate surface area is 409 Å². The Bertz CT molecular complexity index is 4140. The maximum atomic E-state index is 5.44. The molecule has 3 nitrogen and oxygen atoms in total.